The molecule has 164 valence electrons. The van der Waals surface area contributed by atoms with Gasteiger partial charge in [-0.3, -0.25) is 9.59 Å². The number of hydrogen-bond acceptors (Lipinski definition) is 4. The van der Waals surface area contributed by atoms with Gasteiger partial charge in [-0.2, -0.15) is 18.4 Å². The van der Waals surface area contributed by atoms with Gasteiger partial charge in [0.2, 0.25) is 5.91 Å². The number of carbonyl (C=O) groups is 2. The number of ether oxygens (including phenoxy) is 1. The van der Waals surface area contributed by atoms with Gasteiger partial charge in [0.05, 0.1) is 19.1 Å². The van der Waals surface area contributed by atoms with Gasteiger partial charge in [-0.15, -0.1) is 0 Å². The normalized spacial score (nSPS) is 12.2. The first kappa shape index (κ1) is 23.9. The lowest BCUT2D eigenvalue weighted by molar-refractivity contribution is -0.141. The second-order valence-corrected chi connectivity index (χ2v) is 7.42. The molecule has 0 heterocycles. The van der Waals surface area contributed by atoms with Gasteiger partial charge >= 0.3 is 6.18 Å². The molecule has 0 radical (unpaired) electrons. The van der Waals surface area contributed by atoms with E-state index in [1.807, 2.05) is 6.07 Å². The summed E-state index contributed by atoms with van der Waals surface area (Å²) in [5.41, 5.74) is 1.16. The van der Waals surface area contributed by atoms with Crippen LogP contribution in [0.25, 0.3) is 0 Å². The second kappa shape index (κ2) is 10.1. The fourth-order valence-corrected chi connectivity index (χ4v) is 3.19. The first-order chi connectivity index (χ1) is 14.5. The van der Waals surface area contributed by atoms with Gasteiger partial charge in [0.25, 0.3) is 0 Å². The number of ketones is 1. The van der Waals surface area contributed by atoms with Crippen LogP contribution in [0.1, 0.15) is 59.7 Å². The minimum absolute atomic E-state index is 0.177. The van der Waals surface area contributed by atoms with Crippen LogP contribution in [0.15, 0.2) is 42.5 Å². The summed E-state index contributed by atoms with van der Waals surface area (Å²) < 4.78 is 44.2. The van der Waals surface area contributed by atoms with Crippen LogP contribution in [-0.2, 0) is 4.79 Å². The molecular formula is C23H23F3N2O3. The lowest BCUT2D eigenvalue weighted by Gasteiger charge is -2.20. The largest absolute Gasteiger partial charge is 0.495 e. The molecule has 0 fully saturated rings. The Balaban J connectivity index is 2.26. The predicted octanol–water partition coefficient (Wildman–Crippen LogP) is 4.75. The molecule has 0 bridgehead atoms. The lowest BCUT2D eigenvalue weighted by atomic mass is 9.90. The second-order valence-electron chi connectivity index (χ2n) is 7.42. The maximum Gasteiger partial charge on any atom is 0.389 e. The Hall–Kier alpha value is -3.34. The van der Waals surface area contributed by atoms with Crippen molar-refractivity contribution in [3.05, 3.63) is 64.7 Å². The summed E-state index contributed by atoms with van der Waals surface area (Å²) in [6.07, 6.45) is -5.88. The van der Waals surface area contributed by atoms with Crippen LogP contribution in [0, 0.1) is 11.3 Å². The topological polar surface area (TPSA) is 79.2 Å². The number of alkyl halides is 3. The van der Waals surface area contributed by atoms with E-state index >= 15 is 0 Å². The van der Waals surface area contributed by atoms with Crippen LogP contribution in [-0.4, -0.2) is 31.0 Å². The molecule has 0 aliphatic rings. The fourth-order valence-electron chi connectivity index (χ4n) is 3.19. The quantitative estimate of drug-likeness (QED) is 0.611. The van der Waals surface area contributed by atoms with Gasteiger partial charge in [-0.05, 0) is 37.6 Å². The number of nitrogens with zero attached hydrogens (tertiary/aromatic N) is 1. The van der Waals surface area contributed by atoms with Gasteiger partial charge in [0.15, 0.2) is 5.78 Å². The highest BCUT2D eigenvalue weighted by Crippen LogP contribution is 2.34. The molecule has 5 nitrogen and oxygen atoms in total. The maximum atomic E-state index is 13.0. The average Bonchev–Trinajstić information content (AvgIpc) is 2.70. The van der Waals surface area contributed by atoms with Gasteiger partial charge < -0.3 is 10.1 Å². The summed E-state index contributed by atoms with van der Waals surface area (Å²) in [5, 5.41) is 11.7. The molecule has 1 atom stereocenters. The Kier molecular flexibility index (Phi) is 7.81. The SMILES string of the molecule is COc1cc(C(=O)c2ccc(C(CC(=O)NC(C)C)CC(F)(F)F)cc2)ccc1C#N. The summed E-state index contributed by atoms with van der Waals surface area (Å²) in [6.45, 7) is 3.46. The number of methoxy groups -OCH3 is 1. The van der Waals surface area contributed by atoms with E-state index in [0.717, 1.165) is 0 Å². The van der Waals surface area contributed by atoms with Crippen LogP contribution in [0.3, 0.4) is 0 Å². The Morgan fingerprint density at radius 1 is 1.10 bits per heavy atom. The van der Waals surface area contributed by atoms with E-state index in [1.165, 1.54) is 49.6 Å². The number of carbonyl (C=O) groups excluding carboxylic acids is 2. The number of nitrogens with one attached hydrogen (secondary N) is 1. The summed E-state index contributed by atoms with van der Waals surface area (Å²) >= 11 is 0. The van der Waals surface area contributed by atoms with Crippen molar-refractivity contribution in [2.75, 3.05) is 7.11 Å². The monoisotopic (exact) mass is 432 g/mol. The Labute approximate surface area is 178 Å². The molecular weight excluding hydrogens is 409 g/mol. The Bertz CT molecular complexity index is 977. The van der Waals surface area contributed by atoms with Crippen molar-refractivity contribution in [1.82, 2.24) is 5.32 Å². The highest BCUT2D eigenvalue weighted by Gasteiger charge is 2.33. The number of benzene rings is 2. The van der Waals surface area contributed by atoms with E-state index in [4.69, 9.17) is 10.00 Å². The molecule has 8 heteroatoms. The first-order valence-corrected chi connectivity index (χ1v) is 9.63. The summed E-state index contributed by atoms with van der Waals surface area (Å²) in [6, 6.07) is 11.9. The molecule has 1 unspecified atom stereocenters. The predicted molar refractivity (Wildman–Crippen MR) is 109 cm³/mol. The summed E-state index contributed by atoms with van der Waals surface area (Å²) in [5.74, 6) is -1.63. The molecule has 1 N–H and O–H groups in total. The van der Waals surface area contributed by atoms with Crippen molar-refractivity contribution >= 4 is 11.7 Å². The third kappa shape index (κ3) is 6.85. The number of nitriles is 1. The van der Waals surface area contributed by atoms with Crippen molar-refractivity contribution in [3.8, 4) is 11.8 Å². The van der Waals surface area contributed by atoms with Gasteiger partial charge in [0.1, 0.15) is 11.8 Å². The average molecular weight is 432 g/mol. The maximum absolute atomic E-state index is 13.0. The first-order valence-electron chi connectivity index (χ1n) is 9.63. The molecule has 1 amide bonds. The third-order valence-corrected chi connectivity index (χ3v) is 4.59. The third-order valence-electron chi connectivity index (χ3n) is 4.59. The molecule has 0 aromatic heterocycles. The van der Waals surface area contributed by atoms with E-state index in [0.29, 0.717) is 5.56 Å². The molecule has 31 heavy (non-hydrogen) atoms. The highest BCUT2D eigenvalue weighted by molar-refractivity contribution is 6.09. The van der Waals surface area contributed by atoms with Crippen LogP contribution in [0.4, 0.5) is 13.2 Å². The van der Waals surface area contributed by atoms with Crippen molar-refractivity contribution in [1.29, 1.82) is 5.26 Å². The van der Waals surface area contributed by atoms with E-state index in [2.05, 4.69) is 5.32 Å². The zero-order valence-corrected chi connectivity index (χ0v) is 17.4. The smallest absolute Gasteiger partial charge is 0.389 e. The summed E-state index contributed by atoms with van der Waals surface area (Å²) in [7, 11) is 1.38. The number of hydrogen-bond donors (Lipinski definition) is 1. The lowest BCUT2D eigenvalue weighted by Crippen LogP contribution is -2.32. The number of amides is 1. The molecule has 2 aromatic rings. The van der Waals surface area contributed by atoms with Crippen LogP contribution in [0.2, 0.25) is 0 Å². The van der Waals surface area contributed by atoms with Gasteiger partial charge in [-0.25, -0.2) is 0 Å². The van der Waals surface area contributed by atoms with E-state index < -0.39 is 24.4 Å². The Morgan fingerprint density at radius 2 is 1.71 bits per heavy atom. The van der Waals surface area contributed by atoms with E-state index in [9.17, 15) is 22.8 Å². The van der Waals surface area contributed by atoms with Crippen molar-refractivity contribution in [3.63, 3.8) is 0 Å². The highest BCUT2D eigenvalue weighted by atomic mass is 19.4. The minimum atomic E-state index is -4.43. The van der Waals surface area contributed by atoms with Gasteiger partial charge in [0, 0.05) is 29.5 Å². The number of rotatable bonds is 8. The van der Waals surface area contributed by atoms with E-state index in [-0.39, 0.29) is 40.7 Å². The Morgan fingerprint density at radius 3 is 2.23 bits per heavy atom. The van der Waals surface area contributed by atoms with Crippen molar-refractivity contribution < 1.29 is 27.5 Å². The molecule has 0 saturated carbocycles. The van der Waals surface area contributed by atoms with E-state index in [1.54, 1.807) is 13.8 Å². The van der Waals surface area contributed by atoms with Crippen molar-refractivity contribution in [2.24, 2.45) is 0 Å². The summed E-state index contributed by atoms with van der Waals surface area (Å²) in [4.78, 5) is 24.8. The fraction of sp³-hybridized carbons (Fsp3) is 0.348. The molecule has 2 aromatic carbocycles. The zero-order chi connectivity index (χ0) is 23.2. The van der Waals surface area contributed by atoms with Crippen LogP contribution < -0.4 is 10.1 Å². The molecule has 0 saturated heterocycles. The molecule has 2 rings (SSSR count). The zero-order valence-electron chi connectivity index (χ0n) is 17.4. The number of halogens is 3. The van der Waals surface area contributed by atoms with Crippen molar-refractivity contribution in [2.45, 2.75) is 44.8 Å². The molecule has 0 aliphatic heterocycles. The minimum Gasteiger partial charge on any atom is -0.495 e. The molecule has 0 spiro atoms. The van der Waals surface area contributed by atoms with Crippen LogP contribution >= 0.6 is 0 Å². The standard InChI is InChI=1S/C23H23F3N2O3/c1-14(2)28-21(29)11-19(12-23(24,25)26)15-4-6-16(7-5-15)22(30)17-8-9-18(13-27)20(10-17)31-3/h4-10,14,19H,11-12H2,1-3H3,(H,28,29). The van der Waals surface area contributed by atoms with Gasteiger partial charge in [-0.1, -0.05) is 24.3 Å². The van der Waals surface area contributed by atoms with Crippen LogP contribution in [0.5, 0.6) is 5.75 Å². The molecule has 0 aliphatic carbocycles.